The number of rotatable bonds is 5. The van der Waals surface area contributed by atoms with Gasteiger partial charge in [0.1, 0.15) is 6.04 Å². The van der Waals surface area contributed by atoms with E-state index in [9.17, 15) is 44.3 Å². The van der Waals surface area contributed by atoms with Crippen LogP contribution in [0.3, 0.4) is 0 Å². The summed E-state index contributed by atoms with van der Waals surface area (Å²) in [5.74, 6) is -2.79. The van der Waals surface area contributed by atoms with Crippen molar-refractivity contribution >= 4 is 44.7 Å². The lowest BCUT2D eigenvalue weighted by molar-refractivity contribution is -0.216. The zero-order chi connectivity index (χ0) is 27.3. The van der Waals surface area contributed by atoms with Crippen LogP contribution in [0.2, 0.25) is 0 Å². The van der Waals surface area contributed by atoms with E-state index in [-0.39, 0.29) is 6.54 Å². The number of alkyl halides is 6. The van der Waals surface area contributed by atoms with Crippen molar-refractivity contribution in [3.05, 3.63) is 53.9 Å². The van der Waals surface area contributed by atoms with Crippen molar-refractivity contribution in [2.24, 2.45) is 0 Å². The average molecular weight is 556 g/mol. The minimum atomic E-state index is -5.81. The highest BCUT2D eigenvalue weighted by atomic mass is 32.2. The van der Waals surface area contributed by atoms with Crippen LogP contribution in [0.15, 0.2) is 47.6 Å². The molecular weight excluding hydrogens is 540 g/mol. The molecule has 1 aromatic carbocycles. The van der Waals surface area contributed by atoms with E-state index in [1.807, 2.05) is 0 Å². The molecular formula is C20H16F6N3O5S2+. The number of aryl methyl sites for hydroxylation is 1. The number of sulfone groups is 1. The highest BCUT2D eigenvalue weighted by molar-refractivity contribution is 7.92. The van der Waals surface area contributed by atoms with E-state index in [1.165, 1.54) is 19.3 Å². The number of benzene rings is 1. The molecule has 2 unspecified atom stereocenters. The molecule has 0 aliphatic carbocycles. The molecule has 3 rings (SSSR count). The zero-order valence-corrected chi connectivity index (χ0v) is 19.9. The van der Waals surface area contributed by atoms with E-state index >= 15 is 0 Å². The SMILES string of the molecule is Cc1cnccc1CN1C(=O)[N+](OC(=O)C(F)(F)F)(c2ccc(S(=O)(=O)C(F)(F)F)cc2)C(=S)C1C. The molecule has 2 aromatic rings. The smallest absolute Gasteiger partial charge is 0.271 e. The quantitative estimate of drug-likeness (QED) is 0.307. The Kier molecular flexibility index (Phi) is 6.93. The molecule has 2 atom stereocenters. The van der Waals surface area contributed by atoms with Gasteiger partial charge in [0.15, 0.2) is 5.69 Å². The lowest BCUT2D eigenvalue weighted by Gasteiger charge is -2.26. The van der Waals surface area contributed by atoms with E-state index in [0.717, 1.165) is 4.90 Å². The van der Waals surface area contributed by atoms with Gasteiger partial charge in [-0.05, 0) is 55.4 Å². The molecule has 2 heterocycles. The third-order valence-corrected chi connectivity index (χ3v) is 7.49. The standard InChI is InChI=1S/C20H16F6N3O5S2/c1-11-9-27-8-7-13(11)10-28-12(2)16(35)29(18(28)31,34-17(30)19(21,22)23)14-3-5-15(6-4-14)36(32,33)20(24,25)26/h3-9,12H,10H2,1-2H3/q+1. The molecule has 0 N–H and O–H groups in total. The van der Waals surface area contributed by atoms with Gasteiger partial charge in [-0.25, -0.2) is 22.8 Å². The molecule has 194 valence electrons. The largest absolute Gasteiger partial charge is 0.501 e. The number of carbonyl (C=O) groups excluding carboxylic acids is 2. The summed E-state index contributed by atoms with van der Waals surface area (Å²) in [4.78, 5) is 33.1. The first-order valence-corrected chi connectivity index (χ1v) is 11.7. The molecule has 2 amide bonds. The number of urea groups is 1. The lowest BCUT2D eigenvalue weighted by atomic mass is 10.1. The molecule has 0 radical (unpaired) electrons. The summed E-state index contributed by atoms with van der Waals surface area (Å²) in [6, 6.07) is 1.32. The average Bonchev–Trinajstić information content (AvgIpc) is 2.95. The fraction of sp³-hybridized carbons (Fsp3) is 0.300. The molecule has 0 bridgehead atoms. The van der Waals surface area contributed by atoms with Crippen LogP contribution in [0.4, 0.5) is 36.8 Å². The maximum absolute atomic E-state index is 13.5. The Balaban J connectivity index is 2.15. The Bertz CT molecular complexity index is 1330. The van der Waals surface area contributed by atoms with Gasteiger partial charge < -0.3 is 0 Å². The number of thiocarbonyl (C=S) groups is 1. The van der Waals surface area contributed by atoms with Crippen molar-refractivity contribution in [2.75, 3.05) is 0 Å². The van der Waals surface area contributed by atoms with E-state index < -0.39 is 59.8 Å². The first-order chi connectivity index (χ1) is 16.4. The topological polar surface area (TPSA) is 93.6 Å². The molecule has 1 fully saturated rings. The summed E-state index contributed by atoms with van der Waals surface area (Å²) in [5, 5.41) is 0. The molecule has 0 spiro atoms. The van der Waals surface area contributed by atoms with E-state index in [0.29, 0.717) is 35.4 Å². The lowest BCUT2D eigenvalue weighted by Crippen LogP contribution is -2.57. The summed E-state index contributed by atoms with van der Waals surface area (Å²) in [6.07, 6.45) is -2.67. The Morgan fingerprint density at radius 1 is 1.14 bits per heavy atom. The summed E-state index contributed by atoms with van der Waals surface area (Å²) in [5.41, 5.74) is -5.09. The van der Waals surface area contributed by atoms with Gasteiger partial charge in [0, 0.05) is 29.2 Å². The maximum atomic E-state index is 13.5. The highest BCUT2D eigenvalue weighted by Gasteiger charge is 2.64. The third-order valence-electron chi connectivity index (χ3n) is 5.39. The van der Waals surface area contributed by atoms with E-state index in [4.69, 9.17) is 12.2 Å². The molecule has 16 heteroatoms. The predicted octanol–water partition coefficient (Wildman–Crippen LogP) is 4.36. The molecule has 0 saturated carbocycles. The number of hydrogen-bond acceptors (Lipinski definition) is 7. The van der Waals surface area contributed by atoms with Crippen LogP contribution in [0.5, 0.6) is 0 Å². The maximum Gasteiger partial charge on any atom is 0.501 e. The number of amides is 2. The van der Waals surface area contributed by atoms with E-state index in [2.05, 4.69) is 9.82 Å². The van der Waals surface area contributed by atoms with Crippen LogP contribution in [-0.2, 0) is 26.0 Å². The molecule has 1 saturated heterocycles. The van der Waals surface area contributed by atoms with Crippen molar-refractivity contribution in [2.45, 2.75) is 43.0 Å². The molecule has 36 heavy (non-hydrogen) atoms. The number of halogens is 6. The number of carbonyl (C=O) groups is 2. The number of hydrogen-bond donors (Lipinski definition) is 0. The third kappa shape index (κ3) is 4.55. The van der Waals surface area contributed by atoms with Crippen LogP contribution in [0, 0.1) is 6.92 Å². The van der Waals surface area contributed by atoms with Crippen LogP contribution in [-0.4, -0.2) is 53.0 Å². The fourth-order valence-electron chi connectivity index (χ4n) is 3.42. The Morgan fingerprint density at radius 2 is 1.72 bits per heavy atom. The van der Waals surface area contributed by atoms with Crippen LogP contribution >= 0.6 is 12.2 Å². The molecule has 1 aromatic heterocycles. The van der Waals surface area contributed by atoms with Gasteiger partial charge in [-0.3, -0.25) is 9.88 Å². The monoisotopic (exact) mass is 556 g/mol. The zero-order valence-electron chi connectivity index (χ0n) is 18.3. The van der Waals surface area contributed by atoms with Crippen LogP contribution in [0.1, 0.15) is 18.1 Å². The minimum Gasteiger partial charge on any atom is -0.271 e. The number of pyridine rings is 1. The van der Waals surface area contributed by atoms with Gasteiger partial charge in [-0.15, -0.1) is 0 Å². The number of hydroxylamine groups is 2. The van der Waals surface area contributed by atoms with Gasteiger partial charge in [-0.1, -0.05) is 0 Å². The Hall–Kier alpha value is -3.11. The van der Waals surface area contributed by atoms with Crippen molar-refractivity contribution in [3.63, 3.8) is 0 Å². The molecule has 1 aliphatic heterocycles. The van der Waals surface area contributed by atoms with Crippen molar-refractivity contribution < 1.29 is 49.2 Å². The summed E-state index contributed by atoms with van der Waals surface area (Å²) < 4.78 is 99.5. The van der Waals surface area contributed by atoms with Gasteiger partial charge in [0.25, 0.3) is 14.8 Å². The normalized spacial score (nSPS) is 21.1. The number of nitrogens with zero attached hydrogens (tertiary/aromatic N) is 3. The van der Waals surface area contributed by atoms with Crippen molar-refractivity contribution in [1.82, 2.24) is 14.5 Å². The predicted molar refractivity (Wildman–Crippen MR) is 116 cm³/mol. The molecule has 1 aliphatic rings. The minimum absolute atomic E-state index is 0.182. The van der Waals surface area contributed by atoms with Crippen LogP contribution in [0.25, 0.3) is 0 Å². The second kappa shape index (κ2) is 9.08. The summed E-state index contributed by atoms with van der Waals surface area (Å²) in [6.45, 7) is 2.84. The second-order valence-electron chi connectivity index (χ2n) is 7.66. The first-order valence-electron chi connectivity index (χ1n) is 9.81. The van der Waals surface area contributed by atoms with Gasteiger partial charge in [0.05, 0.1) is 11.4 Å². The fourth-order valence-corrected chi connectivity index (χ4v) is 4.53. The number of aromatic nitrogens is 1. The number of quaternary nitrogens is 1. The van der Waals surface area contributed by atoms with Crippen molar-refractivity contribution in [1.29, 1.82) is 0 Å². The van der Waals surface area contributed by atoms with Crippen LogP contribution < -0.4 is 4.65 Å². The first kappa shape index (κ1) is 27.5. The molecule has 8 nitrogen and oxygen atoms in total. The van der Waals surface area contributed by atoms with Crippen molar-refractivity contribution in [3.8, 4) is 0 Å². The summed E-state index contributed by atoms with van der Waals surface area (Å²) >= 11 is 5.22. The Labute approximate surface area is 205 Å². The van der Waals surface area contributed by atoms with Gasteiger partial charge >= 0.3 is 23.7 Å². The van der Waals surface area contributed by atoms with Gasteiger partial charge in [0.2, 0.25) is 0 Å². The van der Waals surface area contributed by atoms with E-state index in [1.54, 1.807) is 13.0 Å². The Morgan fingerprint density at radius 3 is 2.22 bits per heavy atom. The highest BCUT2D eigenvalue weighted by Crippen LogP contribution is 2.39. The van der Waals surface area contributed by atoms with Gasteiger partial charge in [-0.2, -0.15) is 26.3 Å². The summed E-state index contributed by atoms with van der Waals surface area (Å²) in [7, 11) is -5.81. The second-order valence-corrected chi connectivity index (χ2v) is 10.0.